The first-order chi connectivity index (χ1) is 21.3. The molecule has 0 N–H and O–H groups in total. The summed E-state index contributed by atoms with van der Waals surface area (Å²) in [6, 6.07) is 0.296. The van der Waals surface area contributed by atoms with Crippen molar-refractivity contribution < 1.29 is 58.6 Å². The van der Waals surface area contributed by atoms with Gasteiger partial charge in [-0.05, 0) is 56.5 Å². The molecule has 254 valence electrons. The van der Waals surface area contributed by atoms with Gasteiger partial charge in [-0.2, -0.15) is 39.5 Å². The van der Waals surface area contributed by atoms with E-state index in [0.29, 0.717) is 50.8 Å². The lowest BCUT2D eigenvalue weighted by Gasteiger charge is -2.39. The lowest BCUT2D eigenvalue weighted by molar-refractivity contribution is -0.144. The highest BCUT2D eigenvalue weighted by atomic mass is 19.4. The van der Waals surface area contributed by atoms with E-state index in [9.17, 15) is 49.1 Å². The molecule has 2 unspecified atom stereocenters. The fourth-order valence-corrected chi connectivity index (χ4v) is 5.74. The molecule has 2 aromatic rings. The lowest BCUT2D eigenvalue weighted by Crippen LogP contribution is -2.47. The molecule has 1 aromatic heterocycles. The number of pyridine rings is 1. The van der Waals surface area contributed by atoms with Crippen LogP contribution in [-0.4, -0.2) is 72.2 Å². The first kappa shape index (κ1) is 35.1. The second-order valence-corrected chi connectivity index (χ2v) is 11.1. The van der Waals surface area contributed by atoms with Crippen molar-refractivity contribution in [3.05, 3.63) is 58.3 Å². The monoisotopic (exact) mass is 670 g/mol. The van der Waals surface area contributed by atoms with Crippen LogP contribution in [0.15, 0.2) is 30.5 Å². The Hall–Kier alpha value is -3.76. The summed E-state index contributed by atoms with van der Waals surface area (Å²) in [7, 11) is 1.27. The van der Waals surface area contributed by atoms with Crippen LogP contribution in [0.2, 0.25) is 0 Å². The number of halogens is 9. The topological polar surface area (TPSA) is 75.2 Å². The van der Waals surface area contributed by atoms with E-state index in [1.54, 1.807) is 11.8 Å². The van der Waals surface area contributed by atoms with Crippen LogP contribution in [0.1, 0.15) is 60.6 Å². The minimum Gasteiger partial charge on any atom is -0.468 e. The van der Waals surface area contributed by atoms with E-state index >= 15 is 0 Å². The SMILES string of the molecule is CCN(c1ncc(C(F)(F)F)cc1CN1C(=O)OC(c2cc(C(F)(F)F)cc(C(F)(F)F)c2)C1C)C1CCN(CC(=O)OC)CC1. The van der Waals surface area contributed by atoms with Crippen LogP contribution in [0, 0.1) is 0 Å². The zero-order valence-corrected chi connectivity index (χ0v) is 24.9. The largest absolute Gasteiger partial charge is 0.468 e. The second-order valence-electron chi connectivity index (χ2n) is 11.1. The maximum absolute atomic E-state index is 13.7. The smallest absolute Gasteiger partial charge is 0.417 e. The van der Waals surface area contributed by atoms with E-state index in [2.05, 4.69) is 4.98 Å². The molecule has 0 aliphatic carbocycles. The van der Waals surface area contributed by atoms with Gasteiger partial charge in [0.25, 0.3) is 0 Å². The molecule has 2 atom stereocenters. The number of anilines is 1. The standard InChI is InChI=1S/C29H31F9N4O4/c1-4-41(22-5-7-40(8-6-22)15-23(43)45-3)25-18(11-21(13-39-25)29(36,37)38)14-42-16(2)24(46-26(42)44)17-9-19(27(30,31)32)12-20(10-17)28(33,34)35/h9-13,16,22,24H,4-8,14-15H2,1-3H3. The van der Waals surface area contributed by atoms with Gasteiger partial charge in [-0.25, -0.2) is 9.78 Å². The first-order valence-electron chi connectivity index (χ1n) is 14.2. The Morgan fingerprint density at radius 3 is 2.02 bits per heavy atom. The van der Waals surface area contributed by atoms with Crippen molar-refractivity contribution in [1.82, 2.24) is 14.8 Å². The average Bonchev–Trinajstić information content (AvgIpc) is 3.25. The highest BCUT2D eigenvalue weighted by molar-refractivity contribution is 5.72. The molecule has 1 amide bonds. The molecule has 1 aromatic carbocycles. The number of piperidine rings is 1. The minimum absolute atomic E-state index is 0.0434. The number of cyclic esters (lactones) is 1. The highest BCUT2D eigenvalue weighted by Gasteiger charge is 2.44. The van der Waals surface area contributed by atoms with Gasteiger partial charge in [0.15, 0.2) is 0 Å². The summed E-state index contributed by atoms with van der Waals surface area (Å²) in [4.78, 5) is 33.3. The fraction of sp³-hybridized carbons (Fsp3) is 0.552. The zero-order chi connectivity index (χ0) is 34.2. The third kappa shape index (κ3) is 7.78. The molecule has 0 saturated carbocycles. The Bertz CT molecular complexity index is 1390. The number of ether oxygens (including phenoxy) is 2. The summed E-state index contributed by atoms with van der Waals surface area (Å²) in [5.74, 6) is -0.286. The number of esters is 1. The summed E-state index contributed by atoms with van der Waals surface area (Å²) in [6.07, 6.45) is -16.1. The average molecular weight is 671 g/mol. The van der Waals surface area contributed by atoms with Crippen molar-refractivity contribution in [2.75, 3.05) is 38.2 Å². The number of rotatable bonds is 8. The number of hydrogen-bond donors (Lipinski definition) is 0. The third-order valence-corrected chi connectivity index (χ3v) is 8.13. The normalized spacial score (nSPS) is 20.2. The molecule has 46 heavy (non-hydrogen) atoms. The van der Waals surface area contributed by atoms with Crippen molar-refractivity contribution >= 4 is 17.9 Å². The number of carbonyl (C=O) groups excluding carboxylic acids is 2. The van der Waals surface area contributed by atoms with Gasteiger partial charge in [0, 0.05) is 37.4 Å². The predicted molar refractivity (Wildman–Crippen MR) is 144 cm³/mol. The van der Waals surface area contributed by atoms with Gasteiger partial charge in [0.2, 0.25) is 0 Å². The molecule has 2 aliphatic rings. The third-order valence-electron chi connectivity index (χ3n) is 8.13. The Morgan fingerprint density at radius 1 is 0.957 bits per heavy atom. The number of nitrogens with zero attached hydrogens (tertiary/aromatic N) is 4. The van der Waals surface area contributed by atoms with Crippen LogP contribution in [0.3, 0.4) is 0 Å². The van der Waals surface area contributed by atoms with Gasteiger partial charge in [-0.15, -0.1) is 0 Å². The molecule has 4 rings (SSSR count). The highest BCUT2D eigenvalue weighted by Crippen LogP contribution is 2.42. The van der Waals surface area contributed by atoms with E-state index in [4.69, 9.17) is 9.47 Å². The van der Waals surface area contributed by atoms with E-state index in [1.165, 1.54) is 14.0 Å². The molecule has 0 bridgehead atoms. The summed E-state index contributed by atoms with van der Waals surface area (Å²) in [6.45, 7) is 3.91. The van der Waals surface area contributed by atoms with Gasteiger partial charge in [-0.3, -0.25) is 14.6 Å². The quantitative estimate of drug-likeness (QED) is 0.229. The van der Waals surface area contributed by atoms with Gasteiger partial charge >= 0.3 is 30.6 Å². The Morgan fingerprint density at radius 2 is 1.52 bits per heavy atom. The summed E-state index contributed by atoms with van der Waals surface area (Å²) >= 11 is 0. The predicted octanol–water partition coefficient (Wildman–Crippen LogP) is 6.68. The van der Waals surface area contributed by atoms with Crippen molar-refractivity contribution in [3.8, 4) is 0 Å². The maximum Gasteiger partial charge on any atom is 0.417 e. The van der Waals surface area contributed by atoms with Crippen molar-refractivity contribution in [2.45, 2.75) is 70.0 Å². The van der Waals surface area contributed by atoms with Crippen LogP contribution in [0.4, 0.5) is 50.1 Å². The van der Waals surface area contributed by atoms with E-state index in [-0.39, 0.29) is 30.0 Å². The Kier molecular flexibility index (Phi) is 10.0. The van der Waals surface area contributed by atoms with Crippen LogP contribution in [0.5, 0.6) is 0 Å². The van der Waals surface area contributed by atoms with E-state index < -0.39 is 71.5 Å². The van der Waals surface area contributed by atoms with Crippen LogP contribution < -0.4 is 4.90 Å². The van der Waals surface area contributed by atoms with Gasteiger partial charge < -0.3 is 14.4 Å². The number of carbonyl (C=O) groups is 2. The molecular weight excluding hydrogens is 639 g/mol. The molecule has 2 aliphatic heterocycles. The Balaban J connectivity index is 1.65. The number of alkyl halides is 9. The number of methoxy groups -OCH3 is 1. The summed E-state index contributed by atoms with van der Waals surface area (Å²) in [5, 5.41) is 0. The van der Waals surface area contributed by atoms with Crippen molar-refractivity contribution in [2.24, 2.45) is 0 Å². The molecule has 17 heteroatoms. The molecule has 0 radical (unpaired) electrons. The number of amides is 1. The number of likely N-dealkylation sites (tertiary alicyclic amines) is 1. The minimum atomic E-state index is -5.14. The molecule has 8 nitrogen and oxygen atoms in total. The number of benzene rings is 1. The van der Waals surface area contributed by atoms with Crippen LogP contribution >= 0.6 is 0 Å². The molecule has 0 spiro atoms. The first-order valence-corrected chi connectivity index (χ1v) is 14.2. The van der Waals surface area contributed by atoms with Crippen molar-refractivity contribution in [1.29, 1.82) is 0 Å². The van der Waals surface area contributed by atoms with Gasteiger partial charge in [0.05, 0.1) is 42.9 Å². The van der Waals surface area contributed by atoms with E-state index in [1.807, 2.05) is 4.90 Å². The zero-order valence-electron chi connectivity index (χ0n) is 24.9. The lowest BCUT2D eigenvalue weighted by atomic mass is 9.97. The van der Waals surface area contributed by atoms with Crippen LogP contribution in [0.25, 0.3) is 0 Å². The van der Waals surface area contributed by atoms with Crippen molar-refractivity contribution in [3.63, 3.8) is 0 Å². The summed E-state index contributed by atoms with van der Waals surface area (Å²) in [5.41, 5.74) is -4.92. The fourth-order valence-electron chi connectivity index (χ4n) is 5.74. The van der Waals surface area contributed by atoms with Gasteiger partial charge in [-0.1, -0.05) is 0 Å². The van der Waals surface area contributed by atoms with E-state index in [0.717, 1.165) is 11.0 Å². The van der Waals surface area contributed by atoms with Crippen LogP contribution in [-0.2, 0) is 39.3 Å². The molecular formula is C29H31F9N4O4. The second kappa shape index (κ2) is 13.2. The maximum atomic E-state index is 13.7. The molecule has 3 heterocycles. The number of hydrogen-bond acceptors (Lipinski definition) is 7. The molecule has 2 saturated heterocycles. The summed E-state index contributed by atoms with van der Waals surface area (Å²) < 4.78 is 132. The Labute approximate surface area is 258 Å². The van der Waals surface area contributed by atoms with Gasteiger partial charge in [0.1, 0.15) is 11.9 Å². The number of aromatic nitrogens is 1. The molecule has 2 fully saturated rings.